The van der Waals surface area contributed by atoms with Crippen LogP contribution in [-0.2, 0) is 0 Å². The summed E-state index contributed by atoms with van der Waals surface area (Å²) >= 11 is 6.34. The van der Waals surface area contributed by atoms with Crippen LogP contribution in [0.3, 0.4) is 0 Å². The Hall–Kier alpha value is -2.40. The Kier molecular flexibility index (Phi) is 3.58. The van der Waals surface area contributed by atoms with Gasteiger partial charge in [0.05, 0.1) is 21.7 Å². The van der Waals surface area contributed by atoms with E-state index in [1.807, 2.05) is 36.6 Å². The summed E-state index contributed by atoms with van der Waals surface area (Å²) in [6, 6.07) is 10.3. The predicted octanol–water partition coefficient (Wildman–Crippen LogP) is 4.52. The third kappa shape index (κ3) is 2.44. The first-order valence-electron chi connectivity index (χ1n) is 6.85. The third-order valence-corrected chi connectivity index (χ3v) is 3.74. The van der Waals surface area contributed by atoms with Crippen LogP contribution in [0.1, 0.15) is 23.6 Å². The van der Waals surface area contributed by atoms with Crippen molar-refractivity contribution < 1.29 is 4.92 Å². The van der Waals surface area contributed by atoms with Crippen LogP contribution in [0.25, 0.3) is 16.9 Å². The van der Waals surface area contributed by atoms with E-state index in [0.29, 0.717) is 0 Å². The highest BCUT2D eigenvalue weighted by atomic mass is 35.5. The molecule has 1 unspecified atom stereocenters. The lowest BCUT2D eigenvalue weighted by atomic mass is 10.1. The van der Waals surface area contributed by atoms with E-state index in [1.54, 1.807) is 12.1 Å². The Balaban J connectivity index is 2.21. The van der Waals surface area contributed by atoms with E-state index < -0.39 is 4.92 Å². The quantitative estimate of drug-likeness (QED) is 0.405. The van der Waals surface area contributed by atoms with E-state index in [-0.39, 0.29) is 11.1 Å². The van der Waals surface area contributed by atoms with Gasteiger partial charge >= 0.3 is 0 Å². The summed E-state index contributed by atoms with van der Waals surface area (Å²) in [5, 5.41) is 10.5. The van der Waals surface area contributed by atoms with Crippen molar-refractivity contribution in [1.82, 2.24) is 9.38 Å². The first-order valence-corrected chi connectivity index (χ1v) is 7.28. The van der Waals surface area contributed by atoms with Crippen molar-refractivity contribution >= 4 is 22.9 Å². The molecule has 0 fully saturated rings. The molecule has 0 saturated carbocycles. The number of halogens is 1. The van der Waals surface area contributed by atoms with Gasteiger partial charge in [0.25, 0.3) is 5.69 Å². The maximum Gasteiger partial charge on any atom is 0.269 e. The highest BCUT2D eigenvalue weighted by Crippen LogP contribution is 2.32. The number of aryl methyl sites for hydroxylation is 1. The average Bonchev–Trinajstić information content (AvgIpc) is 2.85. The van der Waals surface area contributed by atoms with E-state index in [2.05, 4.69) is 4.98 Å². The zero-order valence-electron chi connectivity index (χ0n) is 12.2. The molecule has 5 nitrogen and oxygen atoms in total. The van der Waals surface area contributed by atoms with Crippen LogP contribution in [-0.4, -0.2) is 14.3 Å². The molecule has 1 atom stereocenters. The van der Waals surface area contributed by atoms with Gasteiger partial charge in [-0.15, -0.1) is 11.6 Å². The lowest BCUT2D eigenvalue weighted by Crippen LogP contribution is -1.96. The fourth-order valence-electron chi connectivity index (χ4n) is 2.50. The molecule has 0 aliphatic rings. The lowest BCUT2D eigenvalue weighted by molar-refractivity contribution is -0.384. The summed E-state index contributed by atoms with van der Waals surface area (Å²) in [6.07, 6.45) is 1.99. The molecular weight excluding hydrogens is 302 g/mol. The van der Waals surface area contributed by atoms with E-state index in [9.17, 15) is 10.1 Å². The summed E-state index contributed by atoms with van der Waals surface area (Å²) in [5.41, 5.74) is 4.43. The highest BCUT2D eigenvalue weighted by Gasteiger charge is 2.18. The molecule has 3 aromatic rings. The minimum absolute atomic E-state index is 0.0591. The number of pyridine rings is 1. The molecule has 0 radical (unpaired) electrons. The molecule has 3 rings (SSSR count). The lowest BCUT2D eigenvalue weighted by Gasteiger charge is -2.07. The second-order valence-corrected chi connectivity index (χ2v) is 5.85. The van der Waals surface area contributed by atoms with E-state index in [1.165, 1.54) is 12.1 Å². The van der Waals surface area contributed by atoms with Crippen molar-refractivity contribution in [3.8, 4) is 11.3 Å². The largest absolute Gasteiger partial charge is 0.302 e. The van der Waals surface area contributed by atoms with Crippen LogP contribution in [0, 0.1) is 17.0 Å². The molecule has 0 aliphatic carbocycles. The number of fused-ring (bicyclic) bond motifs is 1. The highest BCUT2D eigenvalue weighted by molar-refractivity contribution is 6.20. The second-order valence-electron chi connectivity index (χ2n) is 5.20. The average molecular weight is 316 g/mol. The van der Waals surface area contributed by atoms with Crippen LogP contribution in [0.4, 0.5) is 5.69 Å². The zero-order chi connectivity index (χ0) is 15.9. The summed E-state index contributed by atoms with van der Waals surface area (Å²) in [5.74, 6) is 0. The monoisotopic (exact) mass is 315 g/mol. The number of hydrogen-bond donors (Lipinski definition) is 0. The van der Waals surface area contributed by atoms with E-state index in [0.717, 1.165) is 28.2 Å². The van der Waals surface area contributed by atoms with Gasteiger partial charge in [0.1, 0.15) is 5.65 Å². The van der Waals surface area contributed by atoms with E-state index in [4.69, 9.17) is 11.6 Å². The second kappa shape index (κ2) is 5.42. The van der Waals surface area contributed by atoms with Crippen LogP contribution < -0.4 is 0 Å². The molecule has 0 amide bonds. The number of aromatic nitrogens is 2. The Morgan fingerprint density at radius 1 is 1.23 bits per heavy atom. The van der Waals surface area contributed by atoms with Crippen molar-refractivity contribution in [2.75, 3.05) is 0 Å². The summed E-state index contributed by atoms with van der Waals surface area (Å²) in [7, 11) is 0. The number of benzene rings is 1. The smallest absolute Gasteiger partial charge is 0.269 e. The van der Waals surface area contributed by atoms with Crippen molar-refractivity contribution in [1.29, 1.82) is 0 Å². The van der Waals surface area contributed by atoms with Gasteiger partial charge in [-0.25, -0.2) is 4.98 Å². The molecule has 0 spiro atoms. The molecule has 2 heterocycles. The zero-order valence-corrected chi connectivity index (χ0v) is 12.9. The van der Waals surface area contributed by atoms with Gasteiger partial charge in [-0.3, -0.25) is 10.1 Å². The van der Waals surface area contributed by atoms with Crippen LogP contribution in [0.15, 0.2) is 42.6 Å². The molecule has 112 valence electrons. The number of imidazole rings is 1. The maximum absolute atomic E-state index is 10.8. The Bertz CT molecular complexity index is 854. The van der Waals surface area contributed by atoms with Crippen molar-refractivity contribution in [2.45, 2.75) is 19.2 Å². The molecule has 2 aromatic heterocycles. The Morgan fingerprint density at radius 2 is 1.91 bits per heavy atom. The number of non-ortho nitro benzene ring substituents is 1. The summed E-state index contributed by atoms with van der Waals surface area (Å²) in [4.78, 5) is 15.0. The number of nitrogens with zero attached hydrogens (tertiary/aromatic N) is 3. The van der Waals surface area contributed by atoms with Gasteiger partial charge < -0.3 is 4.40 Å². The van der Waals surface area contributed by atoms with E-state index >= 15 is 0 Å². The van der Waals surface area contributed by atoms with Crippen molar-refractivity contribution in [2.24, 2.45) is 0 Å². The van der Waals surface area contributed by atoms with Gasteiger partial charge in [0.2, 0.25) is 0 Å². The van der Waals surface area contributed by atoms with Crippen molar-refractivity contribution in [3.05, 3.63) is 64.0 Å². The minimum atomic E-state index is -0.415. The standard InChI is InChI=1S/C16H14ClN3O2/c1-10-3-8-14-18-15(16(11(2)17)19(14)9-10)12-4-6-13(7-5-12)20(21)22/h3-9,11H,1-2H3. The maximum atomic E-state index is 10.8. The predicted molar refractivity (Wildman–Crippen MR) is 86.3 cm³/mol. The molecule has 0 N–H and O–H groups in total. The first kappa shape index (κ1) is 14.5. The SMILES string of the molecule is Cc1ccc2nc(-c3ccc([N+](=O)[O-])cc3)c(C(C)Cl)n2c1. The fraction of sp³-hybridized carbons (Fsp3) is 0.188. The number of hydrogen-bond acceptors (Lipinski definition) is 3. The van der Waals surface area contributed by atoms with Gasteiger partial charge in [-0.05, 0) is 37.6 Å². The topological polar surface area (TPSA) is 60.4 Å². The summed E-state index contributed by atoms with van der Waals surface area (Å²) in [6.45, 7) is 3.90. The third-order valence-electron chi connectivity index (χ3n) is 3.53. The van der Waals surface area contributed by atoms with Crippen molar-refractivity contribution in [3.63, 3.8) is 0 Å². The fourth-order valence-corrected chi connectivity index (χ4v) is 2.71. The summed E-state index contributed by atoms with van der Waals surface area (Å²) < 4.78 is 1.98. The molecule has 0 bridgehead atoms. The van der Waals surface area contributed by atoms with Crippen LogP contribution in [0.5, 0.6) is 0 Å². The van der Waals surface area contributed by atoms with Gasteiger partial charge in [0, 0.05) is 23.9 Å². The van der Waals surface area contributed by atoms with Gasteiger partial charge in [-0.2, -0.15) is 0 Å². The molecular formula is C16H14ClN3O2. The molecule has 6 heteroatoms. The Morgan fingerprint density at radius 3 is 2.50 bits per heavy atom. The van der Waals surface area contributed by atoms with Crippen LogP contribution in [0.2, 0.25) is 0 Å². The normalized spacial score (nSPS) is 12.5. The number of rotatable bonds is 3. The number of nitro groups is 1. The molecule has 0 saturated heterocycles. The van der Waals surface area contributed by atoms with Gasteiger partial charge in [0.15, 0.2) is 0 Å². The van der Waals surface area contributed by atoms with Gasteiger partial charge in [-0.1, -0.05) is 6.07 Å². The molecule has 22 heavy (non-hydrogen) atoms. The number of nitro benzene ring substituents is 1. The first-order chi connectivity index (χ1) is 10.5. The Labute approximate surface area is 132 Å². The number of alkyl halides is 1. The molecule has 1 aromatic carbocycles. The van der Waals surface area contributed by atoms with Crippen LogP contribution >= 0.6 is 11.6 Å². The minimum Gasteiger partial charge on any atom is -0.302 e. The molecule has 0 aliphatic heterocycles.